The molecule has 0 unspecified atom stereocenters. The fraction of sp³-hybridized carbons (Fsp3) is 0.600. The first-order valence-electron chi connectivity index (χ1n) is 6.96. The molecule has 1 aliphatic heterocycles. The molecular weight excluding hydrogens is 274 g/mol. The van der Waals surface area contributed by atoms with Crippen molar-refractivity contribution in [1.29, 1.82) is 0 Å². The molecule has 6 heteroatoms. The van der Waals surface area contributed by atoms with Crippen LogP contribution in [0.15, 0.2) is 23.6 Å². The smallest absolute Gasteiger partial charge is 0.345 e. The highest BCUT2D eigenvalue weighted by molar-refractivity contribution is 6.14. The van der Waals surface area contributed by atoms with E-state index in [-0.39, 0.29) is 24.3 Å². The molecule has 6 nitrogen and oxygen atoms in total. The Balaban J connectivity index is 2.98. The Kier molecular flexibility index (Phi) is 5.81. The summed E-state index contributed by atoms with van der Waals surface area (Å²) in [4.78, 5) is 25.5. The Morgan fingerprint density at radius 1 is 1.24 bits per heavy atom. The van der Waals surface area contributed by atoms with Gasteiger partial charge in [0.05, 0.1) is 18.8 Å². The van der Waals surface area contributed by atoms with Crippen molar-refractivity contribution in [2.75, 3.05) is 26.9 Å². The maximum atomic E-state index is 11.8. The number of rotatable bonds is 5. The molecule has 1 saturated heterocycles. The normalized spacial score (nSPS) is 18.1. The van der Waals surface area contributed by atoms with E-state index in [0.29, 0.717) is 12.5 Å². The van der Waals surface area contributed by atoms with Crippen molar-refractivity contribution in [2.45, 2.75) is 33.2 Å². The molecule has 0 aromatic carbocycles. The Labute approximate surface area is 125 Å². The van der Waals surface area contributed by atoms with Gasteiger partial charge in [-0.3, -0.25) is 0 Å². The van der Waals surface area contributed by atoms with Gasteiger partial charge in [-0.05, 0) is 39.8 Å². The molecule has 0 atom stereocenters. The number of ether oxygens (including phenoxy) is 3. The van der Waals surface area contributed by atoms with Crippen LogP contribution in [0.4, 0.5) is 0 Å². The van der Waals surface area contributed by atoms with Crippen LogP contribution in [0.25, 0.3) is 0 Å². The minimum absolute atomic E-state index is 0.131. The molecule has 0 saturated carbocycles. The molecule has 0 radical (unpaired) electrons. The number of hydrogen-bond donors (Lipinski definition) is 0. The van der Waals surface area contributed by atoms with E-state index in [1.165, 1.54) is 6.08 Å². The highest BCUT2D eigenvalue weighted by atomic mass is 16.6. The van der Waals surface area contributed by atoms with Gasteiger partial charge in [0.15, 0.2) is 5.88 Å². The Bertz CT molecular complexity index is 445. The second-order valence-electron chi connectivity index (χ2n) is 5.19. The first kappa shape index (κ1) is 17.1. The van der Waals surface area contributed by atoms with Gasteiger partial charge in [-0.25, -0.2) is 9.59 Å². The van der Waals surface area contributed by atoms with Crippen LogP contribution in [-0.2, 0) is 23.8 Å². The highest BCUT2D eigenvalue weighted by Crippen LogP contribution is 2.27. The van der Waals surface area contributed by atoms with Crippen LogP contribution < -0.4 is 0 Å². The van der Waals surface area contributed by atoms with Crippen molar-refractivity contribution in [3.8, 4) is 0 Å². The molecule has 21 heavy (non-hydrogen) atoms. The van der Waals surface area contributed by atoms with Gasteiger partial charge in [0.1, 0.15) is 12.2 Å². The molecule has 0 bridgehead atoms. The van der Waals surface area contributed by atoms with E-state index in [2.05, 4.69) is 0 Å². The van der Waals surface area contributed by atoms with Crippen LogP contribution in [0.1, 0.15) is 27.7 Å². The van der Waals surface area contributed by atoms with Gasteiger partial charge in [0, 0.05) is 7.05 Å². The third kappa shape index (κ3) is 4.24. The quantitative estimate of drug-likeness (QED) is 0.332. The van der Waals surface area contributed by atoms with Gasteiger partial charge >= 0.3 is 11.9 Å². The topological polar surface area (TPSA) is 65.1 Å². The molecule has 1 heterocycles. The van der Waals surface area contributed by atoms with Crippen LogP contribution in [0.2, 0.25) is 0 Å². The zero-order valence-corrected chi connectivity index (χ0v) is 13.3. The number of carbonyl (C=O) groups is 2. The maximum Gasteiger partial charge on any atom is 0.345 e. The molecule has 0 N–H and O–H groups in total. The Hall–Kier alpha value is -1.98. The van der Waals surface area contributed by atoms with Crippen molar-refractivity contribution in [3.05, 3.63) is 23.6 Å². The number of esters is 2. The largest absolute Gasteiger partial charge is 0.477 e. The van der Waals surface area contributed by atoms with E-state index < -0.39 is 11.9 Å². The van der Waals surface area contributed by atoms with E-state index in [1.807, 2.05) is 25.8 Å². The zero-order chi connectivity index (χ0) is 16.0. The number of nitrogens with zero attached hydrogens (tertiary/aromatic N) is 1. The van der Waals surface area contributed by atoms with E-state index in [1.54, 1.807) is 19.9 Å². The average Bonchev–Trinajstić information content (AvgIpc) is 2.66. The lowest BCUT2D eigenvalue weighted by Crippen LogP contribution is -2.36. The summed E-state index contributed by atoms with van der Waals surface area (Å²) < 4.78 is 15.3. The highest BCUT2D eigenvalue weighted by Gasteiger charge is 2.33. The van der Waals surface area contributed by atoms with Gasteiger partial charge in [-0.2, -0.15) is 0 Å². The summed E-state index contributed by atoms with van der Waals surface area (Å²) in [5.74, 6) is -0.813. The Morgan fingerprint density at radius 2 is 1.76 bits per heavy atom. The summed E-state index contributed by atoms with van der Waals surface area (Å²) in [6, 6.07) is 0. The molecule has 0 aromatic heterocycles. The summed E-state index contributed by atoms with van der Waals surface area (Å²) in [7, 11) is 1.89. The van der Waals surface area contributed by atoms with E-state index >= 15 is 0 Å². The number of carbonyl (C=O) groups excluding carboxylic acids is 2. The van der Waals surface area contributed by atoms with Gasteiger partial charge in [-0.1, -0.05) is 0 Å². The molecule has 1 fully saturated rings. The van der Waals surface area contributed by atoms with Gasteiger partial charge in [0.2, 0.25) is 0 Å². The lowest BCUT2D eigenvalue weighted by Gasteiger charge is -2.25. The number of hydrogen-bond acceptors (Lipinski definition) is 6. The number of likely N-dealkylation sites (N-methyl/N-ethyl adjacent to an activating group) is 1. The first-order valence-corrected chi connectivity index (χ1v) is 6.96. The minimum Gasteiger partial charge on any atom is -0.477 e. The summed E-state index contributed by atoms with van der Waals surface area (Å²) in [5, 5.41) is 0. The SMILES string of the molecule is CCOC(=O)C(=CC=C1OCC(C)(C)N1C)C(=O)OCC. The first-order chi connectivity index (χ1) is 9.83. The fourth-order valence-corrected chi connectivity index (χ4v) is 1.69. The van der Waals surface area contributed by atoms with E-state index in [9.17, 15) is 9.59 Å². The van der Waals surface area contributed by atoms with Crippen molar-refractivity contribution in [1.82, 2.24) is 4.90 Å². The second-order valence-corrected chi connectivity index (χ2v) is 5.19. The summed E-state index contributed by atoms with van der Waals surface area (Å²) in [6.07, 6.45) is 2.96. The summed E-state index contributed by atoms with van der Waals surface area (Å²) in [5.41, 5.74) is -0.277. The summed E-state index contributed by atoms with van der Waals surface area (Å²) in [6.45, 7) is 8.35. The van der Waals surface area contributed by atoms with Crippen molar-refractivity contribution in [2.24, 2.45) is 0 Å². The standard InChI is InChI=1S/C15H23NO5/c1-6-19-13(17)11(14(18)20-7-2)8-9-12-16(5)15(3,4)10-21-12/h8-9H,6-7,10H2,1-5H3. The predicted molar refractivity (Wildman–Crippen MR) is 77.2 cm³/mol. The molecular formula is C15H23NO5. The number of allylic oxidation sites excluding steroid dienone is 2. The predicted octanol–water partition coefficient (Wildman–Crippen LogP) is 1.62. The molecule has 1 aliphatic rings. The van der Waals surface area contributed by atoms with Gasteiger partial charge in [0.25, 0.3) is 0 Å². The van der Waals surface area contributed by atoms with Crippen molar-refractivity contribution < 1.29 is 23.8 Å². The molecule has 0 spiro atoms. The monoisotopic (exact) mass is 297 g/mol. The van der Waals surface area contributed by atoms with Crippen LogP contribution in [0.3, 0.4) is 0 Å². The zero-order valence-electron chi connectivity index (χ0n) is 13.3. The second kappa shape index (κ2) is 7.15. The third-order valence-corrected chi connectivity index (χ3v) is 3.20. The van der Waals surface area contributed by atoms with Crippen molar-refractivity contribution >= 4 is 11.9 Å². The molecule has 0 aromatic rings. The lowest BCUT2D eigenvalue weighted by molar-refractivity contribution is -0.146. The van der Waals surface area contributed by atoms with Gasteiger partial charge < -0.3 is 19.1 Å². The third-order valence-electron chi connectivity index (χ3n) is 3.20. The minimum atomic E-state index is -0.701. The average molecular weight is 297 g/mol. The van der Waals surface area contributed by atoms with Crippen molar-refractivity contribution in [3.63, 3.8) is 0 Å². The van der Waals surface area contributed by atoms with E-state index in [4.69, 9.17) is 14.2 Å². The lowest BCUT2D eigenvalue weighted by atomic mass is 10.1. The Morgan fingerprint density at radius 3 is 2.14 bits per heavy atom. The molecule has 1 rings (SSSR count). The fourth-order valence-electron chi connectivity index (χ4n) is 1.69. The van der Waals surface area contributed by atoms with Crippen LogP contribution in [-0.4, -0.2) is 49.2 Å². The summed E-state index contributed by atoms with van der Waals surface area (Å²) >= 11 is 0. The molecule has 0 amide bonds. The molecule has 0 aliphatic carbocycles. The van der Waals surface area contributed by atoms with Crippen LogP contribution >= 0.6 is 0 Å². The maximum absolute atomic E-state index is 11.8. The van der Waals surface area contributed by atoms with Crippen LogP contribution in [0, 0.1) is 0 Å². The van der Waals surface area contributed by atoms with E-state index in [0.717, 1.165) is 0 Å². The van der Waals surface area contributed by atoms with Gasteiger partial charge in [-0.15, -0.1) is 0 Å². The van der Waals surface area contributed by atoms with Crippen LogP contribution in [0.5, 0.6) is 0 Å². The molecule has 118 valence electrons.